The van der Waals surface area contributed by atoms with Crippen molar-refractivity contribution in [2.45, 2.75) is 32.5 Å². The van der Waals surface area contributed by atoms with Gasteiger partial charge < -0.3 is 10.6 Å². The first-order valence-corrected chi connectivity index (χ1v) is 9.74. The summed E-state index contributed by atoms with van der Waals surface area (Å²) in [6.07, 6.45) is -2.38. The van der Waals surface area contributed by atoms with Gasteiger partial charge in [0.2, 0.25) is 5.91 Å². The maximum absolute atomic E-state index is 13.1. The summed E-state index contributed by atoms with van der Waals surface area (Å²) in [4.78, 5) is 29.9. The first kappa shape index (κ1) is 23.0. The highest BCUT2D eigenvalue weighted by molar-refractivity contribution is 5.95. The van der Waals surface area contributed by atoms with Crippen LogP contribution in [0, 0.1) is 0 Å². The average molecular weight is 445 g/mol. The fourth-order valence-electron chi connectivity index (χ4n) is 3.31. The normalized spacial score (nSPS) is 11.6. The molecule has 0 aliphatic carbocycles. The molecule has 3 rings (SSSR count). The van der Waals surface area contributed by atoms with Gasteiger partial charge in [0.05, 0.1) is 23.0 Å². The van der Waals surface area contributed by atoms with Gasteiger partial charge in [0, 0.05) is 25.4 Å². The largest absolute Gasteiger partial charge is 0.417 e. The van der Waals surface area contributed by atoms with Gasteiger partial charge in [0.25, 0.3) is 5.91 Å². The zero-order valence-corrected chi connectivity index (χ0v) is 17.7. The molecule has 0 fully saturated rings. The summed E-state index contributed by atoms with van der Waals surface area (Å²) in [5.41, 5.74) is 6.35. The minimum absolute atomic E-state index is 0.160. The predicted octanol–water partition coefficient (Wildman–Crippen LogP) is 3.78. The van der Waals surface area contributed by atoms with Crippen molar-refractivity contribution in [2.75, 3.05) is 7.05 Å². The van der Waals surface area contributed by atoms with Crippen molar-refractivity contribution >= 4 is 11.8 Å². The number of nitrogens with two attached hydrogens (primary N) is 1. The van der Waals surface area contributed by atoms with Gasteiger partial charge in [-0.3, -0.25) is 9.59 Å². The highest BCUT2D eigenvalue weighted by Gasteiger charge is 2.31. The standard InChI is InChI=1S/C22H22F3N5O2/c1-13(2)19-17(11-28-30(19)18-8-7-16(10-27-18)22(23,24)25)21(32)29(3)12-14-5-4-6-15(9-14)20(26)31/h4-11,13H,12H2,1-3H3,(H2,26,31). The molecule has 0 aliphatic rings. The molecule has 10 heteroatoms. The molecule has 0 unspecified atom stereocenters. The zero-order valence-electron chi connectivity index (χ0n) is 17.7. The van der Waals surface area contributed by atoms with Crippen molar-refractivity contribution in [3.8, 4) is 5.82 Å². The lowest BCUT2D eigenvalue weighted by atomic mass is 10.0. The van der Waals surface area contributed by atoms with Gasteiger partial charge in [-0.05, 0) is 35.7 Å². The lowest BCUT2D eigenvalue weighted by Gasteiger charge is -2.19. The summed E-state index contributed by atoms with van der Waals surface area (Å²) >= 11 is 0. The second-order valence-corrected chi connectivity index (χ2v) is 7.64. The van der Waals surface area contributed by atoms with Crippen LogP contribution in [0.25, 0.3) is 5.82 Å². The summed E-state index contributed by atoms with van der Waals surface area (Å²) in [7, 11) is 1.61. The van der Waals surface area contributed by atoms with Crippen LogP contribution in [0.15, 0.2) is 48.8 Å². The van der Waals surface area contributed by atoms with Crippen LogP contribution in [-0.4, -0.2) is 38.5 Å². The average Bonchev–Trinajstić information content (AvgIpc) is 3.18. The van der Waals surface area contributed by atoms with Crippen LogP contribution in [-0.2, 0) is 12.7 Å². The van der Waals surface area contributed by atoms with Crippen LogP contribution < -0.4 is 5.73 Å². The zero-order chi connectivity index (χ0) is 23.6. The van der Waals surface area contributed by atoms with Gasteiger partial charge in [0.15, 0.2) is 5.82 Å². The number of amides is 2. The Morgan fingerprint density at radius 1 is 1.16 bits per heavy atom. The predicted molar refractivity (Wildman–Crippen MR) is 111 cm³/mol. The molecule has 0 atom stereocenters. The molecule has 2 aromatic heterocycles. The molecule has 2 heterocycles. The summed E-state index contributed by atoms with van der Waals surface area (Å²) in [6.45, 7) is 3.93. The van der Waals surface area contributed by atoms with E-state index in [2.05, 4.69) is 10.1 Å². The van der Waals surface area contributed by atoms with E-state index in [1.165, 1.54) is 21.8 Å². The number of aromatic nitrogens is 3. The Bertz CT molecular complexity index is 1140. The first-order valence-electron chi connectivity index (χ1n) is 9.74. The number of benzene rings is 1. The Balaban J connectivity index is 1.90. The van der Waals surface area contributed by atoms with Crippen LogP contribution >= 0.6 is 0 Å². The minimum Gasteiger partial charge on any atom is -0.366 e. The van der Waals surface area contributed by atoms with Gasteiger partial charge in [-0.1, -0.05) is 26.0 Å². The SMILES string of the molecule is CC(C)c1c(C(=O)N(C)Cc2cccc(C(N)=O)c2)cnn1-c1ccc(C(F)(F)F)cn1. The Morgan fingerprint density at radius 2 is 1.88 bits per heavy atom. The molecule has 32 heavy (non-hydrogen) atoms. The highest BCUT2D eigenvalue weighted by atomic mass is 19.4. The number of alkyl halides is 3. The third kappa shape index (κ3) is 4.79. The van der Waals surface area contributed by atoms with Gasteiger partial charge in [-0.2, -0.15) is 18.3 Å². The topological polar surface area (TPSA) is 94.1 Å². The van der Waals surface area contributed by atoms with Crippen molar-refractivity contribution in [1.82, 2.24) is 19.7 Å². The molecule has 0 radical (unpaired) electrons. The molecule has 3 aromatic rings. The van der Waals surface area contributed by atoms with E-state index in [9.17, 15) is 22.8 Å². The summed E-state index contributed by atoms with van der Waals surface area (Å²) in [5, 5.41) is 4.21. The number of carbonyl (C=O) groups excluding carboxylic acids is 2. The van der Waals surface area contributed by atoms with E-state index in [4.69, 9.17) is 5.73 Å². The Morgan fingerprint density at radius 3 is 2.44 bits per heavy atom. The van der Waals surface area contributed by atoms with Crippen molar-refractivity contribution in [3.63, 3.8) is 0 Å². The number of rotatable bonds is 6. The molecule has 0 saturated carbocycles. The van der Waals surface area contributed by atoms with E-state index in [0.29, 0.717) is 16.8 Å². The van der Waals surface area contributed by atoms with E-state index in [1.54, 1.807) is 31.3 Å². The Labute approximate surface area is 182 Å². The van der Waals surface area contributed by atoms with Crippen molar-refractivity contribution < 1.29 is 22.8 Å². The Kier molecular flexibility index (Phi) is 6.33. The molecule has 0 aliphatic heterocycles. The van der Waals surface area contributed by atoms with Crippen LogP contribution in [0.2, 0.25) is 0 Å². The molecule has 2 N–H and O–H groups in total. The smallest absolute Gasteiger partial charge is 0.366 e. The summed E-state index contributed by atoms with van der Waals surface area (Å²) in [5.74, 6) is -0.866. The maximum atomic E-state index is 13.1. The molecule has 1 aromatic carbocycles. The number of hydrogen-bond donors (Lipinski definition) is 1. The van der Waals surface area contributed by atoms with E-state index in [0.717, 1.165) is 17.8 Å². The third-order valence-corrected chi connectivity index (χ3v) is 4.85. The lowest BCUT2D eigenvalue weighted by Crippen LogP contribution is -2.27. The molecule has 168 valence electrons. The summed E-state index contributed by atoms with van der Waals surface area (Å²) in [6, 6.07) is 8.80. The number of primary amides is 1. The van der Waals surface area contributed by atoms with Gasteiger partial charge in [-0.25, -0.2) is 9.67 Å². The fraction of sp³-hybridized carbons (Fsp3) is 0.273. The van der Waals surface area contributed by atoms with Crippen LogP contribution in [0.4, 0.5) is 13.2 Å². The lowest BCUT2D eigenvalue weighted by molar-refractivity contribution is -0.137. The van der Waals surface area contributed by atoms with Crippen LogP contribution in [0.5, 0.6) is 0 Å². The molecular weight excluding hydrogens is 423 g/mol. The van der Waals surface area contributed by atoms with Gasteiger partial charge in [0.1, 0.15) is 0 Å². The third-order valence-electron chi connectivity index (χ3n) is 4.85. The quantitative estimate of drug-likeness (QED) is 0.625. The number of halogens is 3. The number of carbonyl (C=O) groups is 2. The molecule has 0 saturated heterocycles. The maximum Gasteiger partial charge on any atom is 0.417 e. The van der Waals surface area contributed by atoms with E-state index < -0.39 is 17.6 Å². The van der Waals surface area contributed by atoms with Crippen molar-refractivity contribution in [1.29, 1.82) is 0 Å². The Hall–Kier alpha value is -3.69. The van der Waals surface area contributed by atoms with Crippen LogP contribution in [0.3, 0.4) is 0 Å². The van der Waals surface area contributed by atoms with Crippen molar-refractivity contribution in [2.24, 2.45) is 5.73 Å². The second-order valence-electron chi connectivity index (χ2n) is 7.64. The van der Waals surface area contributed by atoms with Gasteiger partial charge >= 0.3 is 6.18 Å². The first-order chi connectivity index (χ1) is 15.0. The number of hydrogen-bond acceptors (Lipinski definition) is 4. The molecule has 2 amide bonds. The minimum atomic E-state index is -4.49. The fourth-order valence-corrected chi connectivity index (χ4v) is 3.31. The van der Waals surface area contributed by atoms with E-state index in [-0.39, 0.29) is 24.2 Å². The van der Waals surface area contributed by atoms with E-state index >= 15 is 0 Å². The monoisotopic (exact) mass is 445 g/mol. The summed E-state index contributed by atoms with van der Waals surface area (Å²) < 4.78 is 39.9. The molecule has 7 nitrogen and oxygen atoms in total. The molecular formula is C22H22F3N5O2. The number of pyridine rings is 1. The van der Waals surface area contributed by atoms with Crippen molar-refractivity contribution in [3.05, 3.63) is 76.7 Å². The van der Waals surface area contributed by atoms with Gasteiger partial charge in [-0.15, -0.1) is 0 Å². The molecule has 0 spiro atoms. The van der Waals surface area contributed by atoms with Crippen LogP contribution in [0.1, 0.15) is 57.3 Å². The van der Waals surface area contributed by atoms with E-state index in [1.807, 2.05) is 13.8 Å². The second kappa shape index (κ2) is 8.81. The number of nitrogens with zero attached hydrogens (tertiary/aromatic N) is 4. The molecule has 0 bridgehead atoms. The highest BCUT2D eigenvalue weighted by Crippen LogP contribution is 2.29.